The molecule has 0 amide bonds. The number of para-hydroxylation sites is 1. The molecule has 2 aromatic carbocycles. The van der Waals surface area contributed by atoms with E-state index in [0.29, 0.717) is 23.3 Å². The van der Waals surface area contributed by atoms with E-state index in [2.05, 4.69) is 10.9 Å². The second-order valence-corrected chi connectivity index (χ2v) is 5.90. The number of hydrogen-bond donors (Lipinski definition) is 6. The molecule has 0 fully saturated rings. The molecule has 0 aromatic heterocycles. The van der Waals surface area contributed by atoms with Crippen LogP contribution < -0.4 is 16.6 Å². The third-order valence-corrected chi connectivity index (χ3v) is 4.11. The van der Waals surface area contributed by atoms with Crippen LogP contribution in [0.15, 0.2) is 72.1 Å². The van der Waals surface area contributed by atoms with Crippen LogP contribution >= 0.6 is 0 Å². The first-order chi connectivity index (χ1) is 12.1. The van der Waals surface area contributed by atoms with Crippen LogP contribution in [0, 0.1) is 0 Å². The number of aliphatic hydroxyl groups is 2. The van der Waals surface area contributed by atoms with Gasteiger partial charge in [-0.1, -0.05) is 42.5 Å². The van der Waals surface area contributed by atoms with E-state index in [1.807, 2.05) is 30.3 Å². The summed E-state index contributed by atoms with van der Waals surface area (Å²) in [5.74, 6) is 0.320. The second kappa shape index (κ2) is 7.29. The molecule has 6 nitrogen and oxygen atoms in total. The minimum atomic E-state index is -1.17. The zero-order valence-corrected chi connectivity index (χ0v) is 13.6. The Bertz CT molecular complexity index is 803. The number of benzene rings is 2. The van der Waals surface area contributed by atoms with Crippen LogP contribution in [0.4, 0.5) is 0 Å². The first-order valence-corrected chi connectivity index (χ1v) is 7.98. The maximum Gasteiger partial charge on any atom is 0.124 e. The second-order valence-electron chi connectivity index (χ2n) is 5.90. The number of rotatable bonds is 5. The van der Waals surface area contributed by atoms with Gasteiger partial charge in [-0.15, -0.1) is 0 Å². The van der Waals surface area contributed by atoms with Gasteiger partial charge in [0.2, 0.25) is 0 Å². The van der Waals surface area contributed by atoms with Gasteiger partial charge < -0.3 is 21.1 Å². The normalized spacial score (nSPS) is 16.5. The Kier molecular flexibility index (Phi) is 4.92. The van der Waals surface area contributed by atoms with E-state index in [-0.39, 0.29) is 11.6 Å². The number of hydrazine groups is 1. The summed E-state index contributed by atoms with van der Waals surface area (Å²) in [7, 11) is 0. The number of phenols is 1. The maximum absolute atomic E-state index is 10.5. The van der Waals surface area contributed by atoms with Gasteiger partial charge in [-0.3, -0.25) is 10.9 Å². The molecule has 0 saturated carbocycles. The highest BCUT2D eigenvalue weighted by atomic mass is 16.3. The Hall–Kier alpha value is -2.96. The van der Waals surface area contributed by atoms with Crippen molar-refractivity contribution < 1.29 is 15.3 Å². The Labute approximate surface area is 145 Å². The lowest BCUT2D eigenvalue weighted by Gasteiger charge is -2.26. The molecule has 1 aliphatic heterocycles. The number of nitrogens with two attached hydrogens (primary N) is 1. The van der Waals surface area contributed by atoms with E-state index in [1.54, 1.807) is 30.3 Å². The average molecular weight is 339 g/mol. The average Bonchev–Trinajstić information content (AvgIpc) is 2.63. The predicted molar refractivity (Wildman–Crippen MR) is 95.7 cm³/mol. The lowest BCUT2D eigenvalue weighted by atomic mass is 9.96. The number of phenolic OH excluding ortho intramolecular Hbond substituents is 1. The number of nitrogens with one attached hydrogen (secondary N) is 2. The summed E-state index contributed by atoms with van der Waals surface area (Å²) >= 11 is 0. The smallest absolute Gasteiger partial charge is 0.124 e. The van der Waals surface area contributed by atoms with Crippen LogP contribution in [0.5, 0.6) is 5.75 Å². The summed E-state index contributed by atoms with van der Waals surface area (Å²) in [6.07, 6.45) is -0.264. The number of aromatic hydroxyl groups is 1. The molecule has 0 aliphatic carbocycles. The summed E-state index contributed by atoms with van der Waals surface area (Å²) in [4.78, 5) is 0. The van der Waals surface area contributed by atoms with Gasteiger partial charge in [0.05, 0.1) is 11.8 Å². The van der Waals surface area contributed by atoms with E-state index in [0.717, 1.165) is 5.56 Å². The Balaban J connectivity index is 1.83. The van der Waals surface area contributed by atoms with Gasteiger partial charge in [-0.05, 0) is 23.8 Å². The predicted octanol–water partition coefficient (Wildman–Crippen LogP) is 0.976. The minimum absolute atomic E-state index is 0.0993. The fourth-order valence-electron chi connectivity index (χ4n) is 2.74. The molecule has 0 spiro atoms. The first-order valence-electron chi connectivity index (χ1n) is 7.98. The zero-order chi connectivity index (χ0) is 17.8. The van der Waals surface area contributed by atoms with Crippen molar-refractivity contribution in [1.82, 2.24) is 10.9 Å². The molecule has 130 valence electrons. The molecular weight excluding hydrogens is 318 g/mol. The van der Waals surface area contributed by atoms with Gasteiger partial charge in [-0.25, -0.2) is 0 Å². The molecular formula is C19H21N3O3. The highest BCUT2D eigenvalue weighted by Gasteiger charge is 2.25. The zero-order valence-electron chi connectivity index (χ0n) is 13.6. The molecule has 6 heteroatoms. The summed E-state index contributed by atoms with van der Waals surface area (Å²) < 4.78 is 0. The first kappa shape index (κ1) is 16.9. The molecule has 1 aliphatic rings. The van der Waals surface area contributed by atoms with Crippen molar-refractivity contribution in [2.75, 3.05) is 0 Å². The molecule has 0 radical (unpaired) electrons. The largest absolute Gasteiger partial charge is 0.507 e. The quantitative estimate of drug-likeness (QED) is 0.484. The van der Waals surface area contributed by atoms with Crippen molar-refractivity contribution >= 4 is 5.70 Å². The summed E-state index contributed by atoms with van der Waals surface area (Å²) in [5, 5.41) is 30.9. The molecule has 1 heterocycles. The van der Waals surface area contributed by atoms with E-state index >= 15 is 0 Å². The molecule has 25 heavy (non-hydrogen) atoms. The van der Waals surface area contributed by atoms with Gasteiger partial charge in [-0.2, -0.15) is 0 Å². The summed E-state index contributed by atoms with van der Waals surface area (Å²) in [5.41, 5.74) is 13.9. The van der Waals surface area contributed by atoms with Crippen LogP contribution in [-0.4, -0.2) is 27.5 Å². The van der Waals surface area contributed by atoms with Gasteiger partial charge in [0.15, 0.2) is 0 Å². The minimum Gasteiger partial charge on any atom is -0.507 e. The van der Waals surface area contributed by atoms with Crippen molar-refractivity contribution in [2.24, 2.45) is 5.73 Å². The van der Waals surface area contributed by atoms with E-state index in [9.17, 15) is 15.3 Å². The lowest BCUT2D eigenvalue weighted by molar-refractivity contribution is 0.0433. The van der Waals surface area contributed by atoms with E-state index in [4.69, 9.17) is 5.73 Å². The van der Waals surface area contributed by atoms with Crippen molar-refractivity contribution in [3.8, 4) is 5.75 Å². The molecule has 2 aromatic rings. The van der Waals surface area contributed by atoms with Crippen LogP contribution in [0.3, 0.4) is 0 Å². The Morgan fingerprint density at radius 2 is 1.60 bits per heavy atom. The van der Waals surface area contributed by atoms with Crippen LogP contribution in [0.2, 0.25) is 0 Å². The van der Waals surface area contributed by atoms with Crippen molar-refractivity contribution in [3.63, 3.8) is 0 Å². The Morgan fingerprint density at radius 3 is 2.32 bits per heavy atom. The molecule has 0 unspecified atom stereocenters. The molecule has 3 rings (SSSR count). The topological polar surface area (TPSA) is 111 Å². The van der Waals surface area contributed by atoms with Crippen molar-refractivity contribution in [3.05, 3.63) is 83.2 Å². The molecule has 7 N–H and O–H groups in total. The monoisotopic (exact) mass is 339 g/mol. The molecule has 0 bridgehead atoms. The fourth-order valence-corrected chi connectivity index (χ4v) is 2.74. The number of hydrogen-bond acceptors (Lipinski definition) is 6. The third kappa shape index (κ3) is 3.76. The SMILES string of the molecule is NC1=C([C@@H](O)[C@H](O)Cc2ccccc2)C=C(c2ccccc2O)NN1. The molecule has 0 saturated heterocycles. The van der Waals surface area contributed by atoms with Gasteiger partial charge in [0, 0.05) is 17.6 Å². The highest BCUT2D eigenvalue weighted by Crippen LogP contribution is 2.27. The number of aliphatic hydroxyl groups excluding tert-OH is 2. The standard InChI is InChI=1S/C19H21N3O3/c20-19-14(18(25)17(24)10-12-6-2-1-3-7-12)11-15(21-22-19)13-8-4-5-9-16(13)23/h1-9,11,17-18,21-25H,10,20H2/t17-,18-/m1/s1. The highest BCUT2D eigenvalue weighted by molar-refractivity contribution is 5.72. The van der Waals surface area contributed by atoms with Crippen LogP contribution in [0.25, 0.3) is 5.70 Å². The van der Waals surface area contributed by atoms with Crippen molar-refractivity contribution in [1.29, 1.82) is 0 Å². The third-order valence-electron chi connectivity index (χ3n) is 4.11. The fraction of sp³-hybridized carbons (Fsp3) is 0.158. The van der Waals surface area contributed by atoms with Crippen LogP contribution in [0.1, 0.15) is 11.1 Å². The Morgan fingerprint density at radius 1 is 0.920 bits per heavy atom. The summed E-state index contributed by atoms with van der Waals surface area (Å²) in [6.45, 7) is 0. The van der Waals surface area contributed by atoms with Crippen molar-refractivity contribution in [2.45, 2.75) is 18.6 Å². The lowest BCUT2D eigenvalue weighted by Crippen LogP contribution is -2.41. The summed E-state index contributed by atoms with van der Waals surface area (Å²) in [6, 6.07) is 16.2. The van der Waals surface area contributed by atoms with Gasteiger partial charge in [0.25, 0.3) is 0 Å². The van der Waals surface area contributed by atoms with Gasteiger partial charge >= 0.3 is 0 Å². The van der Waals surface area contributed by atoms with E-state index < -0.39 is 12.2 Å². The maximum atomic E-state index is 10.5. The van der Waals surface area contributed by atoms with Gasteiger partial charge in [0.1, 0.15) is 17.7 Å². The van der Waals surface area contributed by atoms with E-state index in [1.165, 1.54) is 0 Å². The van der Waals surface area contributed by atoms with Crippen LogP contribution in [-0.2, 0) is 6.42 Å². The molecule has 2 atom stereocenters.